The second kappa shape index (κ2) is 7.87. The maximum Gasteiger partial charge on any atom is 0.240 e. The SMILES string of the molecule is CCC(O)c1cccc(S(=O)(=O)NCCS(=O)CC)c1. The Morgan fingerprint density at radius 3 is 2.65 bits per heavy atom. The summed E-state index contributed by atoms with van der Waals surface area (Å²) in [5.41, 5.74) is 0.576. The van der Waals surface area contributed by atoms with Gasteiger partial charge in [0.1, 0.15) is 0 Å². The first-order valence-electron chi connectivity index (χ1n) is 6.53. The highest BCUT2D eigenvalue weighted by atomic mass is 32.2. The van der Waals surface area contributed by atoms with Gasteiger partial charge in [-0.05, 0) is 24.1 Å². The average molecular weight is 319 g/mol. The number of sulfonamides is 1. The third-order valence-corrected chi connectivity index (χ3v) is 5.65. The minimum atomic E-state index is -3.62. The second-order valence-corrected chi connectivity index (χ2v) is 7.96. The zero-order valence-corrected chi connectivity index (χ0v) is 13.3. The molecule has 114 valence electrons. The van der Waals surface area contributed by atoms with Crippen molar-refractivity contribution in [3.05, 3.63) is 29.8 Å². The minimum Gasteiger partial charge on any atom is -0.388 e. The largest absolute Gasteiger partial charge is 0.388 e. The molecule has 2 unspecified atom stereocenters. The smallest absolute Gasteiger partial charge is 0.240 e. The van der Waals surface area contributed by atoms with Gasteiger partial charge in [-0.2, -0.15) is 0 Å². The van der Waals surface area contributed by atoms with Crippen molar-refractivity contribution in [2.24, 2.45) is 0 Å². The number of rotatable bonds is 8. The van der Waals surface area contributed by atoms with Crippen LogP contribution < -0.4 is 4.72 Å². The van der Waals surface area contributed by atoms with E-state index in [1.165, 1.54) is 12.1 Å². The van der Waals surface area contributed by atoms with Crippen LogP contribution in [0.1, 0.15) is 31.9 Å². The molecule has 0 aliphatic rings. The standard InChI is InChI=1S/C13H21NO4S2/c1-3-13(15)11-6-5-7-12(10-11)20(17,18)14-8-9-19(16)4-2/h5-7,10,13-15H,3-4,8-9H2,1-2H3. The molecule has 5 nitrogen and oxygen atoms in total. The lowest BCUT2D eigenvalue weighted by atomic mass is 10.1. The van der Waals surface area contributed by atoms with Crippen LogP contribution in [0.3, 0.4) is 0 Å². The molecule has 0 aromatic heterocycles. The summed E-state index contributed by atoms with van der Waals surface area (Å²) < 4.78 is 37.8. The Morgan fingerprint density at radius 1 is 1.35 bits per heavy atom. The first kappa shape index (κ1) is 17.3. The van der Waals surface area contributed by atoms with Gasteiger partial charge in [-0.3, -0.25) is 4.21 Å². The van der Waals surface area contributed by atoms with E-state index in [-0.39, 0.29) is 11.4 Å². The molecular formula is C13H21NO4S2. The monoisotopic (exact) mass is 319 g/mol. The molecule has 2 N–H and O–H groups in total. The lowest BCUT2D eigenvalue weighted by molar-refractivity contribution is 0.173. The van der Waals surface area contributed by atoms with Crippen LogP contribution in [-0.2, 0) is 20.8 Å². The molecular weight excluding hydrogens is 298 g/mol. The molecule has 0 amide bonds. The number of benzene rings is 1. The van der Waals surface area contributed by atoms with Gasteiger partial charge < -0.3 is 5.11 Å². The van der Waals surface area contributed by atoms with Gasteiger partial charge >= 0.3 is 0 Å². The zero-order valence-electron chi connectivity index (χ0n) is 11.7. The molecule has 2 atom stereocenters. The van der Waals surface area contributed by atoms with Crippen molar-refractivity contribution in [2.45, 2.75) is 31.3 Å². The van der Waals surface area contributed by atoms with E-state index in [2.05, 4.69) is 4.72 Å². The lowest BCUT2D eigenvalue weighted by Crippen LogP contribution is -2.28. The summed E-state index contributed by atoms with van der Waals surface area (Å²) in [5.74, 6) is 0.812. The van der Waals surface area contributed by atoms with Crippen molar-refractivity contribution in [1.29, 1.82) is 0 Å². The van der Waals surface area contributed by atoms with Crippen molar-refractivity contribution in [2.75, 3.05) is 18.1 Å². The number of aliphatic hydroxyl groups excluding tert-OH is 1. The van der Waals surface area contributed by atoms with Crippen molar-refractivity contribution >= 4 is 20.8 Å². The van der Waals surface area contributed by atoms with Crippen LogP contribution in [0.2, 0.25) is 0 Å². The Balaban J connectivity index is 2.79. The number of nitrogens with one attached hydrogen (secondary N) is 1. The topological polar surface area (TPSA) is 83.5 Å². The minimum absolute atomic E-state index is 0.116. The highest BCUT2D eigenvalue weighted by Crippen LogP contribution is 2.19. The van der Waals surface area contributed by atoms with E-state index in [0.717, 1.165) is 0 Å². The maximum atomic E-state index is 12.1. The van der Waals surface area contributed by atoms with Gasteiger partial charge in [0.05, 0.1) is 11.0 Å². The molecule has 1 rings (SSSR count). The van der Waals surface area contributed by atoms with Crippen LogP contribution in [0.15, 0.2) is 29.2 Å². The van der Waals surface area contributed by atoms with Crippen LogP contribution in [0.5, 0.6) is 0 Å². The van der Waals surface area contributed by atoms with E-state index in [0.29, 0.717) is 23.5 Å². The van der Waals surface area contributed by atoms with Crippen LogP contribution >= 0.6 is 0 Å². The first-order valence-corrected chi connectivity index (χ1v) is 9.50. The van der Waals surface area contributed by atoms with Crippen LogP contribution in [0.4, 0.5) is 0 Å². The van der Waals surface area contributed by atoms with Crippen molar-refractivity contribution in [1.82, 2.24) is 4.72 Å². The quantitative estimate of drug-likeness (QED) is 0.753. The Kier molecular flexibility index (Phi) is 6.81. The Bertz CT molecular complexity index is 557. The highest BCUT2D eigenvalue weighted by Gasteiger charge is 2.15. The molecule has 0 saturated heterocycles. The summed E-state index contributed by atoms with van der Waals surface area (Å²) in [4.78, 5) is 0.116. The molecule has 1 aromatic rings. The van der Waals surface area contributed by atoms with E-state index in [1.807, 2.05) is 6.92 Å². The van der Waals surface area contributed by atoms with Gasteiger partial charge in [-0.25, -0.2) is 13.1 Å². The maximum absolute atomic E-state index is 12.1. The molecule has 0 radical (unpaired) electrons. The van der Waals surface area contributed by atoms with Crippen LogP contribution in [0.25, 0.3) is 0 Å². The molecule has 0 saturated carbocycles. The zero-order chi connectivity index (χ0) is 15.2. The molecule has 0 spiro atoms. The fourth-order valence-electron chi connectivity index (χ4n) is 1.64. The highest BCUT2D eigenvalue weighted by molar-refractivity contribution is 7.89. The van der Waals surface area contributed by atoms with E-state index >= 15 is 0 Å². The molecule has 0 fully saturated rings. The number of hydrogen-bond donors (Lipinski definition) is 2. The summed E-state index contributed by atoms with van der Waals surface area (Å²) in [7, 11) is -4.62. The van der Waals surface area contributed by atoms with E-state index in [9.17, 15) is 17.7 Å². The van der Waals surface area contributed by atoms with Gasteiger partial charge in [0.2, 0.25) is 10.0 Å². The predicted octanol–water partition coefficient (Wildman–Crippen LogP) is 1.18. The molecule has 7 heteroatoms. The Labute approximate surface area is 122 Å². The predicted molar refractivity (Wildman–Crippen MR) is 80.4 cm³/mol. The summed E-state index contributed by atoms with van der Waals surface area (Å²) in [5, 5.41) is 9.74. The van der Waals surface area contributed by atoms with Gasteiger partial charge in [0.25, 0.3) is 0 Å². The van der Waals surface area contributed by atoms with Gasteiger partial charge in [-0.15, -0.1) is 0 Å². The van der Waals surface area contributed by atoms with Gasteiger partial charge in [-0.1, -0.05) is 26.0 Å². The molecule has 0 aliphatic carbocycles. The summed E-state index contributed by atoms with van der Waals surface area (Å²) >= 11 is 0. The first-order chi connectivity index (χ1) is 9.40. The third kappa shape index (κ3) is 4.97. The average Bonchev–Trinajstić information content (AvgIpc) is 2.46. The summed E-state index contributed by atoms with van der Waals surface area (Å²) in [6.07, 6.45) is -0.149. The van der Waals surface area contributed by atoms with Gasteiger partial charge in [0.15, 0.2) is 0 Å². The number of aliphatic hydroxyl groups is 1. The molecule has 0 aliphatic heterocycles. The normalized spacial score (nSPS) is 14.9. The molecule has 0 bridgehead atoms. The van der Waals surface area contributed by atoms with Crippen LogP contribution in [-0.4, -0.2) is 35.8 Å². The molecule has 20 heavy (non-hydrogen) atoms. The fraction of sp³-hybridized carbons (Fsp3) is 0.538. The lowest BCUT2D eigenvalue weighted by Gasteiger charge is -2.11. The molecule has 0 heterocycles. The number of hydrogen-bond acceptors (Lipinski definition) is 4. The molecule has 1 aromatic carbocycles. The second-order valence-electron chi connectivity index (χ2n) is 4.33. The van der Waals surface area contributed by atoms with Crippen LogP contribution in [0, 0.1) is 0 Å². The van der Waals surface area contributed by atoms with Gasteiger partial charge in [0, 0.05) is 28.9 Å². The van der Waals surface area contributed by atoms with Crippen molar-refractivity contribution in [3.63, 3.8) is 0 Å². The Morgan fingerprint density at radius 2 is 2.05 bits per heavy atom. The van der Waals surface area contributed by atoms with Crippen molar-refractivity contribution in [3.8, 4) is 0 Å². The Hall–Kier alpha value is -0.760. The van der Waals surface area contributed by atoms with E-state index < -0.39 is 26.9 Å². The van der Waals surface area contributed by atoms with Crippen molar-refractivity contribution < 1.29 is 17.7 Å². The van der Waals surface area contributed by atoms with E-state index in [4.69, 9.17) is 0 Å². The van der Waals surface area contributed by atoms with E-state index in [1.54, 1.807) is 19.1 Å². The third-order valence-electron chi connectivity index (χ3n) is 2.88. The fourth-order valence-corrected chi connectivity index (χ4v) is 3.48. The summed E-state index contributed by atoms with van der Waals surface area (Å²) in [6, 6.07) is 6.24. The summed E-state index contributed by atoms with van der Waals surface area (Å²) in [6.45, 7) is 3.76.